The van der Waals surface area contributed by atoms with Crippen molar-refractivity contribution in [3.63, 3.8) is 0 Å². The Morgan fingerprint density at radius 2 is 2.21 bits per heavy atom. The first kappa shape index (κ1) is 16.5. The third kappa shape index (κ3) is 4.36. The normalized spacial score (nSPS) is 16.7. The highest BCUT2D eigenvalue weighted by Crippen LogP contribution is 2.21. The third-order valence-electron chi connectivity index (χ3n) is 3.99. The fourth-order valence-electron chi connectivity index (χ4n) is 2.80. The van der Waals surface area contributed by atoms with Crippen LogP contribution in [0.1, 0.15) is 18.0 Å². The number of aromatic nitrogens is 4. The molecule has 0 bridgehead atoms. The number of nitrogens with one attached hydrogen (secondary N) is 1. The molecule has 1 atom stereocenters. The molecule has 0 aromatic carbocycles. The first-order chi connectivity index (χ1) is 11.8. The molecule has 0 radical (unpaired) electrons. The molecule has 3 rings (SSSR count). The van der Waals surface area contributed by atoms with Gasteiger partial charge in [-0.25, -0.2) is 0 Å². The molecular weight excluding hydrogens is 308 g/mol. The minimum Gasteiger partial charge on any atom is -0.379 e. The Hall–Kier alpha value is -2.32. The summed E-state index contributed by atoms with van der Waals surface area (Å²) in [6.45, 7) is 4.11. The van der Waals surface area contributed by atoms with E-state index in [9.17, 15) is 4.79 Å². The Labute approximate surface area is 140 Å². The molecule has 1 fully saturated rings. The van der Waals surface area contributed by atoms with Gasteiger partial charge < -0.3 is 10.1 Å². The van der Waals surface area contributed by atoms with Gasteiger partial charge in [0.2, 0.25) is 5.91 Å². The standard InChI is InChI=1S/C16H22N6O2/c23-16(18-5-2-7-22-8-6-19-20-22)15(14-3-1-4-17-13-14)21-9-11-24-12-10-21/h1,3-4,6,8,13,15H,2,5,7,9-12H2,(H,18,23)/t15-/m0/s1. The number of ether oxygens (including phenoxy) is 1. The second-order valence-corrected chi connectivity index (χ2v) is 5.65. The SMILES string of the molecule is O=C(NCCCn1ccnn1)[C@H](c1cccnc1)N1CCOCC1. The van der Waals surface area contributed by atoms with Gasteiger partial charge in [-0.05, 0) is 18.1 Å². The summed E-state index contributed by atoms with van der Waals surface area (Å²) in [5.41, 5.74) is 0.910. The maximum Gasteiger partial charge on any atom is 0.242 e. The molecule has 128 valence electrons. The van der Waals surface area contributed by atoms with Crippen molar-refractivity contribution in [1.82, 2.24) is 30.2 Å². The van der Waals surface area contributed by atoms with E-state index in [1.165, 1.54) is 0 Å². The van der Waals surface area contributed by atoms with Crippen molar-refractivity contribution in [3.8, 4) is 0 Å². The molecule has 1 N–H and O–H groups in total. The number of nitrogens with zero attached hydrogens (tertiary/aromatic N) is 5. The van der Waals surface area contributed by atoms with E-state index in [1.807, 2.05) is 18.3 Å². The average Bonchev–Trinajstić information content (AvgIpc) is 3.14. The van der Waals surface area contributed by atoms with Gasteiger partial charge in [0.25, 0.3) is 0 Å². The molecule has 2 aromatic rings. The lowest BCUT2D eigenvalue weighted by Crippen LogP contribution is -2.46. The van der Waals surface area contributed by atoms with E-state index in [4.69, 9.17) is 4.74 Å². The lowest BCUT2D eigenvalue weighted by Gasteiger charge is -2.33. The quantitative estimate of drug-likeness (QED) is 0.733. The van der Waals surface area contributed by atoms with Crippen LogP contribution in [0, 0.1) is 0 Å². The molecule has 1 saturated heterocycles. The zero-order chi connectivity index (χ0) is 16.6. The van der Waals surface area contributed by atoms with E-state index in [1.54, 1.807) is 23.3 Å². The second kappa shape index (κ2) is 8.51. The summed E-state index contributed by atoms with van der Waals surface area (Å²) in [7, 11) is 0. The van der Waals surface area contributed by atoms with Crippen LogP contribution < -0.4 is 5.32 Å². The zero-order valence-electron chi connectivity index (χ0n) is 13.5. The van der Waals surface area contributed by atoms with Crippen LogP contribution in [-0.4, -0.2) is 63.6 Å². The summed E-state index contributed by atoms with van der Waals surface area (Å²) >= 11 is 0. The van der Waals surface area contributed by atoms with Gasteiger partial charge in [-0.15, -0.1) is 5.10 Å². The predicted molar refractivity (Wildman–Crippen MR) is 87.0 cm³/mol. The highest BCUT2D eigenvalue weighted by molar-refractivity contribution is 5.83. The van der Waals surface area contributed by atoms with Crippen LogP contribution in [0.25, 0.3) is 0 Å². The van der Waals surface area contributed by atoms with Crippen molar-refractivity contribution in [2.45, 2.75) is 19.0 Å². The van der Waals surface area contributed by atoms with Gasteiger partial charge in [-0.3, -0.25) is 19.4 Å². The predicted octanol–water partition coefficient (Wildman–Crippen LogP) is 0.253. The summed E-state index contributed by atoms with van der Waals surface area (Å²) < 4.78 is 7.16. The van der Waals surface area contributed by atoms with Crippen LogP contribution in [0.3, 0.4) is 0 Å². The number of carbonyl (C=O) groups excluding carboxylic acids is 1. The first-order valence-corrected chi connectivity index (χ1v) is 8.18. The summed E-state index contributed by atoms with van der Waals surface area (Å²) in [5.74, 6) is 0.00323. The molecule has 24 heavy (non-hydrogen) atoms. The van der Waals surface area contributed by atoms with Gasteiger partial charge >= 0.3 is 0 Å². The number of morpholine rings is 1. The Bertz CT molecular complexity index is 613. The molecule has 0 spiro atoms. The number of carbonyl (C=O) groups is 1. The summed E-state index contributed by atoms with van der Waals surface area (Å²) in [4.78, 5) is 19.1. The van der Waals surface area contributed by atoms with Gasteiger partial charge in [-0.1, -0.05) is 11.3 Å². The number of hydrogen-bond donors (Lipinski definition) is 1. The molecule has 0 aliphatic carbocycles. The highest BCUT2D eigenvalue weighted by atomic mass is 16.5. The third-order valence-corrected chi connectivity index (χ3v) is 3.99. The molecule has 3 heterocycles. The Kier molecular flexibility index (Phi) is 5.86. The maximum absolute atomic E-state index is 12.7. The van der Waals surface area contributed by atoms with E-state index in [-0.39, 0.29) is 11.9 Å². The van der Waals surface area contributed by atoms with Gasteiger partial charge in [0.05, 0.1) is 19.4 Å². The largest absolute Gasteiger partial charge is 0.379 e. The minimum atomic E-state index is -0.325. The maximum atomic E-state index is 12.7. The fourth-order valence-corrected chi connectivity index (χ4v) is 2.80. The van der Waals surface area contributed by atoms with Gasteiger partial charge in [0.15, 0.2) is 0 Å². The Balaban J connectivity index is 1.58. The smallest absolute Gasteiger partial charge is 0.242 e. The lowest BCUT2D eigenvalue weighted by molar-refractivity contribution is -0.128. The zero-order valence-corrected chi connectivity index (χ0v) is 13.5. The van der Waals surface area contributed by atoms with Crippen LogP contribution in [0.5, 0.6) is 0 Å². The van der Waals surface area contributed by atoms with Gasteiger partial charge in [0, 0.05) is 44.8 Å². The van der Waals surface area contributed by atoms with Gasteiger partial charge in [0.1, 0.15) is 6.04 Å². The topological polar surface area (TPSA) is 85.2 Å². The molecule has 8 heteroatoms. The molecular formula is C16H22N6O2. The van der Waals surface area contributed by atoms with E-state index in [0.29, 0.717) is 19.8 Å². The van der Waals surface area contributed by atoms with Crippen LogP contribution >= 0.6 is 0 Å². The molecule has 0 saturated carbocycles. The van der Waals surface area contributed by atoms with E-state index in [0.717, 1.165) is 31.6 Å². The number of hydrogen-bond acceptors (Lipinski definition) is 6. The van der Waals surface area contributed by atoms with Crippen molar-refractivity contribution >= 4 is 5.91 Å². The van der Waals surface area contributed by atoms with Crippen molar-refractivity contribution in [3.05, 3.63) is 42.5 Å². The van der Waals surface area contributed by atoms with Crippen molar-refractivity contribution in [2.24, 2.45) is 0 Å². The minimum absolute atomic E-state index is 0.00323. The molecule has 1 aliphatic rings. The molecule has 1 aliphatic heterocycles. The number of rotatable bonds is 7. The first-order valence-electron chi connectivity index (χ1n) is 8.18. The number of pyridine rings is 1. The van der Waals surface area contributed by atoms with Crippen molar-refractivity contribution < 1.29 is 9.53 Å². The van der Waals surface area contributed by atoms with Crippen LogP contribution in [-0.2, 0) is 16.1 Å². The lowest BCUT2D eigenvalue weighted by atomic mass is 10.1. The van der Waals surface area contributed by atoms with E-state index in [2.05, 4.69) is 25.5 Å². The van der Waals surface area contributed by atoms with Crippen LogP contribution in [0.15, 0.2) is 36.9 Å². The Morgan fingerprint density at radius 1 is 1.33 bits per heavy atom. The van der Waals surface area contributed by atoms with Crippen LogP contribution in [0.2, 0.25) is 0 Å². The molecule has 8 nitrogen and oxygen atoms in total. The molecule has 1 amide bonds. The number of amides is 1. The summed E-state index contributed by atoms with van der Waals surface area (Å²) in [6, 6.07) is 3.48. The fraction of sp³-hybridized carbons (Fsp3) is 0.500. The average molecular weight is 330 g/mol. The highest BCUT2D eigenvalue weighted by Gasteiger charge is 2.28. The number of aryl methyl sites for hydroxylation is 1. The van der Waals surface area contributed by atoms with E-state index >= 15 is 0 Å². The van der Waals surface area contributed by atoms with Crippen molar-refractivity contribution in [1.29, 1.82) is 0 Å². The molecule has 0 unspecified atom stereocenters. The Morgan fingerprint density at radius 3 is 2.92 bits per heavy atom. The summed E-state index contributed by atoms with van der Waals surface area (Å²) in [6.07, 6.45) is 7.74. The van der Waals surface area contributed by atoms with E-state index < -0.39 is 0 Å². The van der Waals surface area contributed by atoms with Crippen molar-refractivity contribution in [2.75, 3.05) is 32.8 Å². The summed E-state index contributed by atoms with van der Waals surface area (Å²) in [5, 5.41) is 10.7. The monoisotopic (exact) mass is 330 g/mol. The van der Waals surface area contributed by atoms with Gasteiger partial charge in [-0.2, -0.15) is 0 Å². The van der Waals surface area contributed by atoms with Crippen LogP contribution in [0.4, 0.5) is 0 Å². The second-order valence-electron chi connectivity index (χ2n) is 5.65. The molecule has 2 aromatic heterocycles.